The van der Waals surface area contributed by atoms with Crippen LogP contribution in [0.3, 0.4) is 0 Å². The monoisotopic (exact) mass is 357 g/mol. The normalized spacial score (nSPS) is 11.7. The fourth-order valence-corrected chi connectivity index (χ4v) is 3.68. The molecule has 0 aliphatic carbocycles. The van der Waals surface area contributed by atoms with E-state index in [1.54, 1.807) is 6.07 Å². The quantitative estimate of drug-likeness (QED) is 0.384. The van der Waals surface area contributed by atoms with Gasteiger partial charge in [0.1, 0.15) is 12.9 Å². The molecule has 0 aliphatic rings. The lowest BCUT2D eigenvalue weighted by molar-refractivity contribution is -0.665. The average molecular weight is 357 g/mol. The van der Waals surface area contributed by atoms with Crippen molar-refractivity contribution >= 4 is 10.8 Å². The molecule has 0 unspecified atom stereocenters. The maximum absolute atomic E-state index is 14.8. The summed E-state index contributed by atoms with van der Waals surface area (Å²) < 4.78 is 25.4. The highest BCUT2D eigenvalue weighted by Gasteiger charge is 2.21. The Labute approximate surface area is 161 Å². The predicted octanol–water partition coefficient (Wildman–Crippen LogP) is 6.06. The van der Waals surface area contributed by atoms with E-state index in [2.05, 4.69) is 17.6 Å². The lowest BCUT2D eigenvalue weighted by Crippen LogP contribution is -2.35. The van der Waals surface area contributed by atoms with E-state index >= 15 is 0 Å². The van der Waals surface area contributed by atoms with Gasteiger partial charge in [0.05, 0.1) is 12.3 Å². The fraction of sp³-hybridized carbons (Fsp3) is 0.160. The van der Waals surface area contributed by atoms with Crippen molar-refractivity contribution in [3.05, 3.63) is 89.3 Å². The van der Waals surface area contributed by atoms with Crippen molar-refractivity contribution in [2.24, 2.45) is 7.05 Å². The number of aryl methyl sites for hydroxylation is 2. The molecule has 27 heavy (non-hydrogen) atoms. The Morgan fingerprint density at radius 1 is 0.889 bits per heavy atom. The van der Waals surface area contributed by atoms with Crippen molar-refractivity contribution in [3.63, 3.8) is 0 Å². The minimum Gasteiger partial charge on any atom is -0.206 e. The van der Waals surface area contributed by atoms with E-state index in [1.807, 2.05) is 69.4 Å². The van der Waals surface area contributed by atoms with Crippen molar-refractivity contribution in [1.82, 2.24) is 0 Å². The highest BCUT2D eigenvalue weighted by atomic mass is 19.1. The van der Waals surface area contributed by atoms with Gasteiger partial charge in [0.15, 0.2) is 5.69 Å². The molecule has 2 heteroatoms. The molecule has 1 nitrogen and oxygen atoms in total. The zero-order chi connectivity index (χ0) is 20.0. The van der Waals surface area contributed by atoms with Crippen LogP contribution in [0.5, 0.6) is 0 Å². The van der Waals surface area contributed by atoms with Crippen molar-refractivity contribution in [2.45, 2.75) is 20.8 Å². The van der Waals surface area contributed by atoms with E-state index in [9.17, 15) is 4.39 Å². The van der Waals surface area contributed by atoms with Gasteiger partial charge in [-0.25, -0.2) is 4.39 Å². The zero-order valence-electron chi connectivity index (χ0n) is 17.1. The zero-order valence-corrected chi connectivity index (χ0v) is 16.1. The molecular formula is C25H23FN+. The summed E-state index contributed by atoms with van der Waals surface area (Å²) in [5.74, 6) is -0.218. The third kappa shape index (κ3) is 3.02. The molecule has 1 heterocycles. The molecule has 0 aliphatic heterocycles. The molecule has 3 aromatic carbocycles. The molecule has 0 saturated heterocycles. The van der Waals surface area contributed by atoms with Crippen LogP contribution in [-0.2, 0) is 7.05 Å². The molecule has 134 valence electrons. The molecule has 0 N–H and O–H groups in total. The van der Waals surface area contributed by atoms with Gasteiger partial charge in [-0.2, -0.15) is 4.57 Å². The number of pyridine rings is 1. The van der Waals surface area contributed by atoms with Gasteiger partial charge in [-0.3, -0.25) is 0 Å². The van der Waals surface area contributed by atoms with Crippen molar-refractivity contribution in [3.8, 4) is 22.4 Å². The first kappa shape index (κ1) is 16.2. The molecule has 0 spiro atoms. The smallest absolute Gasteiger partial charge is 0.206 e. The van der Waals surface area contributed by atoms with Gasteiger partial charge < -0.3 is 0 Å². The largest absolute Gasteiger partial charge is 0.220 e. The number of hydrogen-bond acceptors (Lipinski definition) is 0. The van der Waals surface area contributed by atoms with Gasteiger partial charge >= 0.3 is 0 Å². The molecule has 0 saturated carbocycles. The number of halogens is 1. The van der Waals surface area contributed by atoms with Gasteiger partial charge in [0, 0.05) is 18.5 Å². The number of fused-ring (bicyclic) bond motifs is 1. The van der Waals surface area contributed by atoms with Crippen LogP contribution in [-0.4, -0.2) is 0 Å². The minimum atomic E-state index is -0.218. The van der Waals surface area contributed by atoms with Gasteiger partial charge in [-0.15, -0.1) is 0 Å². The summed E-state index contributed by atoms with van der Waals surface area (Å²) in [7, 11) is 1.98. The Morgan fingerprint density at radius 3 is 2.37 bits per heavy atom. The minimum absolute atomic E-state index is 0.218. The second-order valence-electron chi connectivity index (χ2n) is 7.18. The van der Waals surface area contributed by atoms with Crippen LogP contribution in [0, 0.1) is 26.6 Å². The van der Waals surface area contributed by atoms with Crippen molar-refractivity contribution in [1.29, 1.82) is 0 Å². The lowest BCUT2D eigenvalue weighted by atomic mass is 9.93. The number of nitrogens with zero attached hydrogens (tertiary/aromatic N) is 1. The Balaban J connectivity index is 2.10. The summed E-state index contributed by atoms with van der Waals surface area (Å²) in [6.07, 6.45) is 0. The van der Waals surface area contributed by atoms with Crippen LogP contribution in [0.1, 0.15) is 18.2 Å². The molecule has 0 atom stereocenters. The topological polar surface area (TPSA) is 3.88 Å². The molecule has 0 bridgehead atoms. The first-order valence-electron chi connectivity index (χ1n) is 9.64. The van der Waals surface area contributed by atoms with Gasteiger partial charge in [-0.05, 0) is 48.6 Å². The Kier molecular flexibility index (Phi) is 3.97. The lowest BCUT2D eigenvalue weighted by Gasteiger charge is -2.13. The summed E-state index contributed by atoms with van der Waals surface area (Å²) in [6, 6.07) is 19.9. The molecule has 0 radical (unpaired) electrons. The summed E-state index contributed by atoms with van der Waals surface area (Å²) in [5.41, 5.74) is 6.36. The van der Waals surface area contributed by atoms with E-state index in [4.69, 9.17) is 1.37 Å². The van der Waals surface area contributed by atoms with Crippen LogP contribution < -0.4 is 4.57 Å². The third-order valence-corrected chi connectivity index (χ3v) is 5.24. The van der Waals surface area contributed by atoms with E-state index in [1.165, 1.54) is 0 Å². The SMILES string of the molecule is [2H]c1c(C)[n+](C)c(-c2cc(-c3ccccc3)c(F)cc2C)c2cc(C)ccc12. The average Bonchev–Trinajstić information content (AvgIpc) is 2.68. The summed E-state index contributed by atoms with van der Waals surface area (Å²) in [4.78, 5) is 0. The molecular weight excluding hydrogens is 333 g/mol. The van der Waals surface area contributed by atoms with Crippen LogP contribution in [0.4, 0.5) is 4.39 Å². The second-order valence-corrected chi connectivity index (χ2v) is 7.18. The molecule has 1 aromatic heterocycles. The number of benzene rings is 3. The Morgan fingerprint density at radius 2 is 1.63 bits per heavy atom. The first-order chi connectivity index (χ1) is 13.4. The molecule has 0 amide bonds. The number of aromatic nitrogens is 1. The summed E-state index contributed by atoms with van der Waals surface area (Å²) in [5, 5.41) is 1.94. The maximum atomic E-state index is 14.8. The predicted molar refractivity (Wildman–Crippen MR) is 110 cm³/mol. The molecule has 4 rings (SSSR count). The van der Waals surface area contributed by atoms with Gasteiger partial charge in [-0.1, -0.05) is 48.0 Å². The van der Waals surface area contributed by atoms with Gasteiger partial charge in [0.2, 0.25) is 5.69 Å². The Bertz CT molecular complexity index is 1210. The highest BCUT2D eigenvalue weighted by Crippen LogP contribution is 2.34. The van der Waals surface area contributed by atoms with Crippen LogP contribution in [0.15, 0.2) is 66.7 Å². The van der Waals surface area contributed by atoms with Crippen molar-refractivity contribution < 1.29 is 10.3 Å². The number of rotatable bonds is 2. The summed E-state index contributed by atoms with van der Waals surface area (Å²) >= 11 is 0. The number of hydrogen-bond donors (Lipinski definition) is 0. The van der Waals surface area contributed by atoms with Gasteiger partial charge in [0.25, 0.3) is 0 Å². The fourth-order valence-electron chi connectivity index (χ4n) is 3.68. The molecule has 4 aromatic rings. The summed E-state index contributed by atoms with van der Waals surface area (Å²) in [6.45, 7) is 5.96. The maximum Gasteiger partial charge on any atom is 0.220 e. The van der Waals surface area contributed by atoms with E-state index in [0.29, 0.717) is 11.6 Å². The first-order valence-corrected chi connectivity index (χ1v) is 9.14. The molecule has 0 fully saturated rings. The standard InChI is InChI=1S/C25H23FN/c1-16-10-11-20-14-18(3)27(4)25(23(20)12-16)21-15-22(24(26)13-17(21)2)19-8-6-5-7-9-19/h5-15H,1-4H3/q+1/i14D. The van der Waals surface area contributed by atoms with Crippen LogP contribution in [0.2, 0.25) is 0 Å². The Hall–Kier alpha value is -3.00. The van der Waals surface area contributed by atoms with Crippen LogP contribution in [0.25, 0.3) is 33.2 Å². The van der Waals surface area contributed by atoms with Crippen molar-refractivity contribution in [2.75, 3.05) is 0 Å². The van der Waals surface area contributed by atoms with Crippen LogP contribution >= 0.6 is 0 Å². The van der Waals surface area contributed by atoms with E-state index < -0.39 is 0 Å². The third-order valence-electron chi connectivity index (χ3n) is 5.24. The second kappa shape index (κ2) is 6.62. The van der Waals surface area contributed by atoms with E-state index in [0.717, 1.165) is 44.4 Å². The highest BCUT2D eigenvalue weighted by molar-refractivity contribution is 5.95. The van der Waals surface area contributed by atoms with E-state index in [-0.39, 0.29) is 5.82 Å².